The molecule has 7 heteroatoms. The number of para-hydroxylation sites is 2. The third-order valence-corrected chi connectivity index (χ3v) is 19.0. The summed E-state index contributed by atoms with van der Waals surface area (Å²) in [6.07, 6.45) is 0. The van der Waals surface area contributed by atoms with E-state index in [1.54, 1.807) is 0 Å². The van der Waals surface area contributed by atoms with E-state index < -0.39 is 0 Å². The van der Waals surface area contributed by atoms with E-state index in [-0.39, 0.29) is 10.8 Å². The molecule has 0 radical (unpaired) electrons. The second kappa shape index (κ2) is 16.5. The van der Waals surface area contributed by atoms with Gasteiger partial charge in [0.15, 0.2) is 0 Å². The van der Waals surface area contributed by atoms with E-state index >= 15 is 0 Å². The molecular weight excluding hydrogens is 1040 g/mol. The third kappa shape index (κ3) is 6.39. The Balaban J connectivity index is 0.739. The Morgan fingerprint density at radius 2 is 0.518 bits per heavy atom. The van der Waals surface area contributed by atoms with Crippen molar-refractivity contribution in [2.45, 2.75) is 38.5 Å². The molecule has 0 saturated carbocycles. The van der Waals surface area contributed by atoms with Crippen molar-refractivity contribution < 1.29 is 22.1 Å². The molecule has 0 bridgehead atoms. The fraction of sp³-hybridized carbons (Fsp3) is 0.0769. The molecule has 2 aliphatic rings. The van der Waals surface area contributed by atoms with Gasteiger partial charge in [0.1, 0.15) is 55.8 Å². The van der Waals surface area contributed by atoms with Crippen LogP contribution in [0.4, 0.5) is 34.1 Å². The maximum atomic E-state index is 6.96. The number of anilines is 6. The van der Waals surface area contributed by atoms with E-state index in [4.69, 9.17) is 22.1 Å². The minimum absolute atomic E-state index is 0.260. The van der Waals surface area contributed by atoms with Crippen LogP contribution in [-0.4, -0.2) is 0 Å². The molecule has 12 aromatic carbocycles. The van der Waals surface area contributed by atoms with Crippen LogP contribution < -0.4 is 9.80 Å². The molecule has 17 aromatic rings. The molecule has 2 aliphatic carbocycles. The monoisotopic (exact) mass is 1090 g/mol. The molecule has 0 saturated heterocycles. The highest BCUT2D eigenvalue weighted by molar-refractivity contribution is 6.19. The highest BCUT2D eigenvalue weighted by Gasteiger charge is 2.41. The summed E-state index contributed by atoms with van der Waals surface area (Å²) in [5.74, 6) is 0. The van der Waals surface area contributed by atoms with Gasteiger partial charge in [-0.3, -0.25) is 0 Å². The highest BCUT2D eigenvalue weighted by atomic mass is 16.3. The van der Waals surface area contributed by atoms with Crippen LogP contribution in [0.5, 0.6) is 0 Å². The van der Waals surface area contributed by atoms with E-state index in [1.165, 1.54) is 44.5 Å². The summed E-state index contributed by atoms with van der Waals surface area (Å²) in [6, 6.07) is 82.4. The standard InChI is InChI=1S/C78H50N2O5/c1-77(2)61-21-9-5-15-47(61)55-19-13-23-63(75(55)77)79(43-27-31-51-49-17-7-11-25-65(49)81-67(51)35-43)45-29-33-53-57-39-73-59(41-71(57)83-69(53)37-45)60-42-72-58(40-74(60)85-73)54-34-30-46(38-70(54)84-72)80(44-28-32-52-50-18-8-12-26-66(50)82-68(52)36-44)64-24-14-20-56-48-16-6-10-22-62(48)78(3,4)76(56)64/h5-42H,1-4H3. The summed E-state index contributed by atoms with van der Waals surface area (Å²) in [5.41, 5.74) is 24.0. The van der Waals surface area contributed by atoms with Crippen LogP contribution in [0.3, 0.4) is 0 Å². The number of nitrogens with zero attached hydrogens (tertiary/aromatic N) is 2. The van der Waals surface area contributed by atoms with Gasteiger partial charge in [-0.2, -0.15) is 0 Å². The molecule has 0 fully saturated rings. The topological polar surface area (TPSA) is 72.2 Å². The largest absolute Gasteiger partial charge is 0.456 e. The molecule has 19 rings (SSSR count). The van der Waals surface area contributed by atoms with Gasteiger partial charge in [0.2, 0.25) is 0 Å². The van der Waals surface area contributed by atoms with Crippen LogP contribution >= 0.6 is 0 Å². The molecule has 7 nitrogen and oxygen atoms in total. The van der Waals surface area contributed by atoms with Crippen LogP contribution in [0.1, 0.15) is 49.9 Å². The van der Waals surface area contributed by atoms with Crippen molar-refractivity contribution in [1.82, 2.24) is 0 Å². The Morgan fingerprint density at radius 1 is 0.235 bits per heavy atom. The lowest BCUT2D eigenvalue weighted by Gasteiger charge is -2.32. The van der Waals surface area contributed by atoms with Crippen molar-refractivity contribution in [2.24, 2.45) is 0 Å². The normalized spacial score (nSPS) is 14.1. The van der Waals surface area contributed by atoms with Crippen LogP contribution in [-0.2, 0) is 10.8 Å². The fourth-order valence-corrected chi connectivity index (χ4v) is 15.1. The summed E-state index contributed by atoms with van der Waals surface area (Å²) in [5, 5.41) is 10.3. The zero-order valence-corrected chi connectivity index (χ0v) is 46.9. The molecule has 0 N–H and O–H groups in total. The molecule has 85 heavy (non-hydrogen) atoms. The fourth-order valence-electron chi connectivity index (χ4n) is 15.1. The zero-order valence-electron chi connectivity index (χ0n) is 46.9. The smallest absolute Gasteiger partial charge is 0.137 e. The van der Waals surface area contributed by atoms with Crippen molar-refractivity contribution in [3.05, 3.63) is 253 Å². The highest BCUT2D eigenvalue weighted by Crippen LogP contribution is 2.57. The maximum absolute atomic E-state index is 6.96. The number of furan rings is 5. The van der Waals surface area contributed by atoms with Crippen molar-refractivity contribution in [3.8, 4) is 22.3 Å². The number of rotatable bonds is 6. The van der Waals surface area contributed by atoms with Crippen molar-refractivity contribution >= 4 is 144 Å². The molecule has 5 aromatic heterocycles. The molecule has 0 atom stereocenters. The summed E-state index contributed by atoms with van der Waals surface area (Å²) in [6.45, 7) is 9.37. The van der Waals surface area contributed by atoms with Crippen molar-refractivity contribution in [2.75, 3.05) is 9.80 Å². The van der Waals surface area contributed by atoms with E-state index in [1.807, 2.05) is 24.3 Å². The lowest BCUT2D eigenvalue weighted by Crippen LogP contribution is -2.20. The molecular formula is C78H50N2O5. The van der Waals surface area contributed by atoms with Gasteiger partial charge in [-0.05, 0) is 142 Å². The molecule has 0 spiro atoms. The third-order valence-electron chi connectivity index (χ3n) is 19.0. The van der Waals surface area contributed by atoms with Gasteiger partial charge in [-0.1, -0.05) is 137 Å². The Labute approximate surface area is 486 Å². The van der Waals surface area contributed by atoms with Crippen molar-refractivity contribution in [3.63, 3.8) is 0 Å². The summed E-state index contributed by atoms with van der Waals surface area (Å²) < 4.78 is 33.8. The minimum atomic E-state index is -0.260. The van der Waals surface area contributed by atoms with Gasteiger partial charge in [0, 0.05) is 112 Å². The Kier molecular flexibility index (Phi) is 9.08. The minimum Gasteiger partial charge on any atom is -0.456 e. The van der Waals surface area contributed by atoms with Crippen molar-refractivity contribution in [1.29, 1.82) is 0 Å². The van der Waals surface area contributed by atoms with Crippen LogP contribution in [0.15, 0.2) is 253 Å². The quantitative estimate of drug-likeness (QED) is 0.164. The Hall–Kier alpha value is -10.8. The van der Waals surface area contributed by atoms with Crippen LogP contribution in [0, 0.1) is 0 Å². The summed E-state index contributed by atoms with van der Waals surface area (Å²) in [7, 11) is 0. The molecule has 0 amide bonds. The molecule has 402 valence electrons. The second-order valence-corrected chi connectivity index (χ2v) is 24.3. The number of hydrogen-bond donors (Lipinski definition) is 0. The lowest BCUT2D eigenvalue weighted by molar-refractivity contribution is 0.660. The Bertz CT molecular complexity index is 5430. The number of fused-ring (bicyclic) bond motifs is 21. The average Bonchev–Trinajstić information content (AvgIpc) is 2.03. The first-order chi connectivity index (χ1) is 41.6. The van der Waals surface area contributed by atoms with Gasteiger partial charge in [-0.15, -0.1) is 0 Å². The first kappa shape index (κ1) is 46.8. The first-order valence-electron chi connectivity index (χ1n) is 29.2. The van der Waals surface area contributed by atoms with Gasteiger partial charge >= 0.3 is 0 Å². The zero-order chi connectivity index (χ0) is 56.2. The molecule has 0 aliphatic heterocycles. The molecule has 0 unspecified atom stereocenters. The maximum Gasteiger partial charge on any atom is 0.137 e. The van der Waals surface area contributed by atoms with Gasteiger partial charge in [0.05, 0.1) is 11.4 Å². The van der Waals surface area contributed by atoms with Crippen LogP contribution in [0.25, 0.3) is 132 Å². The predicted octanol–water partition coefficient (Wildman–Crippen LogP) is 22.7. The second-order valence-electron chi connectivity index (χ2n) is 24.3. The Morgan fingerprint density at radius 3 is 0.906 bits per heavy atom. The predicted molar refractivity (Wildman–Crippen MR) is 347 cm³/mol. The average molecular weight is 1100 g/mol. The summed E-state index contributed by atoms with van der Waals surface area (Å²) in [4.78, 5) is 4.75. The van der Waals surface area contributed by atoms with E-state index in [0.29, 0.717) is 0 Å². The van der Waals surface area contributed by atoms with Gasteiger partial charge in [-0.25, -0.2) is 0 Å². The van der Waals surface area contributed by atoms with Crippen LogP contribution in [0.2, 0.25) is 0 Å². The first-order valence-corrected chi connectivity index (χ1v) is 29.2. The lowest BCUT2D eigenvalue weighted by atomic mass is 9.81. The van der Waals surface area contributed by atoms with E-state index in [9.17, 15) is 0 Å². The SMILES string of the molecule is CC1(C)c2ccccc2-c2cccc(N(c3ccc4c(c3)oc3ccccc34)c3ccc4c(c3)oc3cc5c(cc34)oc3cc4c(cc35)oc3cc(N(c5ccc6c(c5)oc5ccccc56)c5cccc6c5C(C)(C)c5ccccc5-6)ccc34)c21. The molecule has 5 heterocycles. The summed E-state index contributed by atoms with van der Waals surface area (Å²) >= 11 is 0. The number of benzene rings is 12. The van der Waals surface area contributed by atoms with E-state index in [0.717, 1.165) is 144 Å². The van der Waals surface area contributed by atoms with Gasteiger partial charge in [0.25, 0.3) is 0 Å². The van der Waals surface area contributed by atoms with Gasteiger partial charge < -0.3 is 31.9 Å². The van der Waals surface area contributed by atoms with E-state index in [2.05, 4.69) is 244 Å². The number of hydrogen-bond acceptors (Lipinski definition) is 7.